The second kappa shape index (κ2) is 9.05. The highest BCUT2D eigenvalue weighted by molar-refractivity contribution is 5.96. The predicted molar refractivity (Wildman–Crippen MR) is 97.2 cm³/mol. The smallest absolute Gasteiger partial charge is 0.315 e. The van der Waals surface area contributed by atoms with Crippen LogP contribution < -0.4 is 21.3 Å². The van der Waals surface area contributed by atoms with Crippen molar-refractivity contribution in [2.45, 2.75) is 52.7 Å². The van der Waals surface area contributed by atoms with Gasteiger partial charge in [-0.05, 0) is 52.3 Å². The zero-order valence-electron chi connectivity index (χ0n) is 15.5. The van der Waals surface area contributed by atoms with Gasteiger partial charge in [-0.1, -0.05) is 12.1 Å². The first-order chi connectivity index (χ1) is 11.6. The van der Waals surface area contributed by atoms with Gasteiger partial charge in [-0.15, -0.1) is 0 Å². The van der Waals surface area contributed by atoms with Gasteiger partial charge in [0.2, 0.25) is 5.91 Å². The minimum Gasteiger partial charge on any atom is -0.350 e. The summed E-state index contributed by atoms with van der Waals surface area (Å²) in [5.74, 6) is -0.557. The summed E-state index contributed by atoms with van der Waals surface area (Å²) in [7, 11) is 0. The van der Waals surface area contributed by atoms with Gasteiger partial charge in [-0.2, -0.15) is 0 Å². The molecule has 138 valence electrons. The third kappa shape index (κ3) is 8.74. The summed E-state index contributed by atoms with van der Waals surface area (Å²) in [5, 5.41) is 10.8. The third-order valence-corrected chi connectivity index (χ3v) is 3.01. The van der Waals surface area contributed by atoms with Crippen molar-refractivity contribution in [3.8, 4) is 0 Å². The van der Waals surface area contributed by atoms with Crippen LogP contribution in [0.1, 0.15) is 50.5 Å². The van der Waals surface area contributed by atoms with Gasteiger partial charge < -0.3 is 21.3 Å². The third-order valence-electron chi connectivity index (χ3n) is 3.01. The maximum Gasteiger partial charge on any atom is 0.315 e. The van der Waals surface area contributed by atoms with Gasteiger partial charge in [0.1, 0.15) is 0 Å². The van der Waals surface area contributed by atoms with Crippen LogP contribution in [0.4, 0.5) is 4.79 Å². The molecule has 7 heteroatoms. The van der Waals surface area contributed by atoms with Gasteiger partial charge in [0, 0.05) is 23.7 Å². The molecule has 0 heterocycles. The Hall–Kier alpha value is -2.57. The molecule has 1 rings (SSSR count). The topological polar surface area (TPSA) is 99.3 Å². The highest BCUT2D eigenvalue weighted by atomic mass is 16.2. The van der Waals surface area contributed by atoms with E-state index in [0.717, 1.165) is 5.56 Å². The van der Waals surface area contributed by atoms with Crippen molar-refractivity contribution in [2.24, 2.45) is 0 Å². The molecule has 0 fully saturated rings. The number of carbonyl (C=O) groups is 3. The van der Waals surface area contributed by atoms with Crippen molar-refractivity contribution in [1.29, 1.82) is 0 Å². The largest absolute Gasteiger partial charge is 0.350 e. The van der Waals surface area contributed by atoms with Crippen LogP contribution in [0.25, 0.3) is 0 Å². The van der Waals surface area contributed by atoms with Gasteiger partial charge in [0.05, 0.1) is 6.54 Å². The molecule has 0 aliphatic heterocycles. The first kappa shape index (κ1) is 20.5. The van der Waals surface area contributed by atoms with Crippen LogP contribution >= 0.6 is 0 Å². The van der Waals surface area contributed by atoms with Gasteiger partial charge in [0.15, 0.2) is 0 Å². The summed E-state index contributed by atoms with van der Waals surface area (Å²) >= 11 is 0. The monoisotopic (exact) mass is 348 g/mol. The van der Waals surface area contributed by atoms with Crippen LogP contribution in [-0.2, 0) is 11.3 Å². The quantitative estimate of drug-likeness (QED) is 0.627. The van der Waals surface area contributed by atoms with Crippen LogP contribution in [0.15, 0.2) is 24.3 Å². The number of rotatable bonds is 6. The number of urea groups is 1. The van der Waals surface area contributed by atoms with Gasteiger partial charge in [-0.25, -0.2) is 4.79 Å². The lowest BCUT2D eigenvalue weighted by Crippen LogP contribution is -2.45. The molecule has 1 aromatic carbocycles. The van der Waals surface area contributed by atoms with E-state index in [2.05, 4.69) is 21.3 Å². The highest BCUT2D eigenvalue weighted by Gasteiger charge is 2.14. The van der Waals surface area contributed by atoms with Crippen LogP contribution in [-0.4, -0.2) is 36.0 Å². The minimum atomic E-state index is -0.335. The lowest BCUT2D eigenvalue weighted by Gasteiger charge is -2.20. The molecule has 0 aliphatic carbocycles. The normalized spacial score (nSPS) is 11.0. The van der Waals surface area contributed by atoms with Gasteiger partial charge in [-0.3, -0.25) is 9.59 Å². The molecule has 0 aromatic heterocycles. The van der Waals surface area contributed by atoms with Crippen molar-refractivity contribution in [3.63, 3.8) is 0 Å². The molecule has 7 nitrogen and oxygen atoms in total. The van der Waals surface area contributed by atoms with E-state index in [1.54, 1.807) is 24.3 Å². The molecule has 0 saturated carbocycles. The van der Waals surface area contributed by atoms with E-state index in [-0.39, 0.29) is 36.0 Å². The Morgan fingerprint density at radius 1 is 1.00 bits per heavy atom. The van der Waals surface area contributed by atoms with E-state index in [0.29, 0.717) is 12.1 Å². The second-order valence-corrected chi connectivity index (χ2v) is 7.16. The van der Waals surface area contributed by atoms with Crippen LogP contribution in [0.5, 0.6) is 0 Å². The van der Waals surface area contributed by atoms with Crippen LogP contribution in [0.2, 0.25) is 0 Å². The number of hydrogen-bond donors (Lipinski definition) is 4. The lowest BCUT2D eigenvalue weighted by atomic mass is 10.1. The predicted octanol–water partition coefficient (Wildman–Crippen LogP) is 1.54. The SMILES string of the molecule is CC(C)NC(=O)NCc1ccc(C(=O)NCC(=O)NC(C)(C)C)cc1. The Labute approximate surface area is 148 Å². The van der Waals surface area contributed by atoms with E-state index >= 15 is 0 Å². The summed E-state index contributed by atoms with van der Waals surface area (Å²) < 4.78 is 0. The van der Waals surface area contributed by atoms with Gasteiger partial charge >= 0.3 is 6.03 Å². The first-order valence-corrected chi connectivity index (χ1v) is 8.29. The number of nitrogens with one attached hydrogen (secondary N) is 4. The standard InChI is InChI=1S/C18H28N4O3/c1-12(2)21-17(25)20-10-13-6-8-14(9-7-13)16(24)19-11-15(23)22-18(3,4)5/h6-9,12H,10-11H2,1-5H3,(H,19,24)(H,22,23)(H2,20,21,25). The molecule has 4 amide bonds. The van der Waals surface area contributed by atoms with Crippen molar-refractivity contribution < 1.29 is 14.4 Å². The Balaban J connectivity index is 2.46. The molecule has 25 heavy (non-hydrogen) atoms. The molecule has 0 atom stereocenters. The molecule has 0 aliphatic rings. The molecule has 0 bridgehead atoms. The van der Waals surface area contributed by atoms with E-state index in [1.807, 2.05) is 34.6 Å². The van der Waals surface area contributed by atoms with E-state index in [1.165, 1.54) is 0 Å². The van der Waals surface area contributed by atoms with Crippen LogP contribution in [0, 0.1) is 0 Å². The van der Waals surface area contributed by atoms with Crippen molar-refractivity contribution in [2.75, 3.05) is 6.54 Å². The van der Waals surface area contributed by atoms with Crippen molar-refractivity contribution in [1.82, 2.24) is 21.3 Å². The number of benzene rings is 1. The molecule has 4 N–H and O–H groups in total. The first-order valence-electron chi connectivity index (χ1n) is 8.29. The van der Waals surface area contributed by atoms with E-state index < -0.39 is 0 Å². The van der Waals surface area contributed by atoms with Crippen molar-refractivity contribution in [3.05, 3.63) is 35.4 Å². The molecular formula is C18H28N4O3. The summed E-state index contributed by atoms with van der Waals surface area (Å²) in [5.41, 5.74) is 0.998. The fourth-order valence-electron chi connectivity index (χ4n) is 1.99. The Morgan fingerprint density at radius 3 is 2.12 bits per heavy atom. The summed E-state index contributed by atoms with van der Waals surface area (Å²) in [6.07, 6.45) is 0. The second-order valence-electron chi connectivity index (χ2n) is 7.16. The fourth-order valence-corrected chi connectivity index (χ4v) is 1.99. The molecule has 1 aromatic rings. The van der Waals surface area contributed by atoms with E-state index in [9.17, 15) is 14.4 Å². The summed E-state index contributed by atoms with van der Waals surface area (Å²) in [6, 6.07) is 6.69. The Morgan fingerprint density at radius 2 is 1.60 bits per heavy atom. The fraction of sp³-hybridized carbons (Fsp3) is 0.500. The van der Waals surface area contributed by atoms with Gasteiger partial charge in [0.25, 0.3) is 5.91 Å². The number of carbonyl (C=O) groups excluding carboxylic acids is 3. The Bertz CT molecular complexity index is 604. The molecule has 0 unspecified atom stereocenters. The summed E-state index contributed by atoms with van der Waals surface area (Å²) in [6.45, 7) is 9.69. The number of amides is 4. The number of hydrogen-bond acceptors (Lipinski definition) is 3. The molecule has 0 radical (unpaired) electrons. The lowest BCUT2D eigenvalue weighted by molar-refractivity contribution is -0.121. The molecular weight excluding hydrogens is 320 g/mol. The average molecular weight is 348 g/mol. The minimum absolute atomic E-state index is 0.0709. The Kier molecular flexibility index (Phi) is 7.42. The molecule has 0 saturated heterocycles. The van der Waals surface area contributed by atoms with E-state index in [4.69, 9.17) is 0 Å². The zero-order chi connectivity index (χ0) is 19.0. The van der Waals surface area contributed by atoms with Crippen molar-refractivity contribution >= 4 is 17.8 Å². The maximum atomic E-state index is 12.0. The summed E-state index contributed by atoms with van der Waals surface area (Å²) in [4.78, 5) is 35.3. The average Bonchev–Trinajstić information content (AvgIpc) is 2.49. The molecule has 0 spiro atoms. The maximum absolute atomic E-state index is 12.0. The highest BCUT2D eigenvalue weighted by Crippen LogP contribution is 2.04. The van der Waals surface area contributed by atoms with Crippen LogP contribution in [0.3, 0.4) is 0 Å². The zero-order valence-corrected chi connectivity index (χ0v) is 15.5.